The third kappa shape index (κ3) is 5.40. The molecule has 0 atom stereocenters. The summed E-state index contributed by atoms with van der Waals surface area (Å²) in [5.41, 5.74) is 7.52. The molecule has 0 bridgehead atoms. The monoisotopic (exact) mass is 261 g/mol. The van der Waals surface area contributed by atoms with Gasteiger partial charge in [-0.15, -0.1) is 0 Å². The highest BCUT2D eigenvalue weighted by molar-refractivity contribution is 5.37. The average molecular weight is 261 g/mol. The van der Waals surface area contributed by atoms with Gasteiger partial charge in [0, 0.05) is 6.42 Å². The van der Waals surface area contributed by atoms with Crippen molar-refractivity contribution < 1.29 is 17.9 Å². The van der Waals surface area contributed by atoms with E-state index in [-0.39, 0.29) is 13.0 Å². The van der Waals surface area contributed by atoms with Crippen LogP contribution in [-0.4, -0.2) is 19.3 Å². The van der Waals surface area contributed by atoms with Gasteiger partial charge in [0.2, 0.25) is 0 Å². The summed E-state index contributed by atoms with van der Waals surface area (Å²) in [6.07, 6.45) is -4.29. The first kappa shape index (κ1) is 14.8. The van der Waals surface area contributed by atoms with Crippen molar-refractivity contribution in [3.8, 4) is 5.75 Å². The lowest BCUT2D eigenvalue weighted by Crippen LogP contribution is -2.11. The molecular formula is C13H18F3NO. The van der Waals surface area contributed by atoms with Gasteiger partial charge in [0.05, 0.1) is 6.61 Å². The van der Waals surface area contributed by atoms with Gasteiger partial charge in [0.1, 0.15) is 5.75 Å². The number of aryl methyl sites for hydroxylation is 1. The second kappa shape index (κ2) is 6.64. The third-order valence-electron chi connectivity index (χ3n) is 2.49. The highest BCUT2D eigenvalue weighted by Crippen LogP contribution is 2.23. The van der Waals surface area contributed by atoms with Crippen LogP contribution in [0.4, 0.5) is 13.2 Å². The lowest BCUT2D eigenvalue weighted by atomic mass is 10.1. The van der Waals surface area contributed by atoms with E-state index < -0.39 is 12.6 Å². The number of hydrogen-bond donors (Lipinski definition) is 1. The van der Waals surface area contributed by atoms with Crippen LogP contribution in [0.1, 0.15) is 24.0 Å². The molecule has 18 heavy (non-hydrogen) atoms. The molecule has 0 saturated heterocycles. The first-order chi connectivity index (χ1) is 8.42. The van der Waals surface area contributed by atoms with Crippen LogP contribution in [-0.2, 0) is 6.42 Å². The average Bonchev–Trinajstić information content (AvgIpc) is 2.26. The van der Waals surface area contributed by atoms with Crippen molar-refractivity contribution in [2.75, 3.05) is 13.2 Å². The van der Waals surface area contributed by atoms with Crippen molar-refractivity contribution in [3.05, 3.63) is 29.3 Å². The minimum Gasteiger partial charge on any atom is -0.493 e. The van der Waals surface area contributed by atoms with Crippen molar-refractivity contribution >= 4 is 0 Å². The quantitative estimate of drug-likeness (QED) is 0.798. The molecule has 0 aliphatic heterocycles. The molecule has 0 unspecified atom stereocenters. The molecule has 5 heteroatoms. The lowest BCUT2D eigenvalue weighted by molar-refractivity contribution is -0.136. The maximum absolute atomic E-state index is 12.0. The Labute approximate surface area is 105 Å². The Bertz CT molecular complexity index is 377. The molecule has 0 radical (unpaired) electrons. The summed E-state index contributed by atoms with van der Waals surface area (Å²) in [6.45, 7) is 2.51. The van der Waals surface area contributed by atoms with Crippen molar-refractivity contribution in [2.24, 2.45) is 5.73 Å². The Morgan fingerprint density at radius 1 is 1.28 bits per heavy atom. The molecule has 0 aliphatic carbocycles. The molecule has 1 rings (SSSR count). The fourth-order valence-corrected chi connectivity index (χ4v) is 1.65. The van der Waals surface area contributed by atoms with E-state index in [1.807, 2.05) is 19.1 Å². The van der Waals surface area contributed by atoms with E-state index >= 15 is 0 Å². The minimum absolute atomic E-state index is 0.0283. The van der Waals surface area contributed by atoms with Crippen molar-refractivity contribution in [1.82, 2.24) is 0 Å². The standard InChI is InChI=1S/C13H18F3NO/c1-10-3-4-12(11(9-10)5-7-17)18-8-2-6-13(14,15)16/h3-4,9H,2,5-8,17H2,1H3. The zero-order valence-electron chi connectivity index (χ0n) is 10.4. The minimum atomic E-state index is -4.11. The van der Waals surface area contributed by atoms with Gasteiger partial charge in [0.25, 0.3) is 0 Å². The smallest absolute Gasteiger partial charge is 0.389 e. The first-order valence-corrected chi connectivity index (χ1v) is 5.91. The van der Waals surface area contributed by atoms with Gasteiger partial charge < -0.3 is 10.5 Å². The number of nitrogens with two attached hydrogens (primary N) is 1. The Kier molecular flexibility index (Phi) is 5.47. The van der Waals surface area contributed by atoms with E-state index in [2.05, 4.69) is 0 Å². The predicted octanol–water partition coefficient (Wildman–Crippen LogP) is 3.22. The molecule has 0 amide bonds. The normalized spacial score (nSPS) is 11.6. The van der Waals surface area contributed by atoms with Gasteiger partial charge in [-0.3, -0.25) is 0 Å². The van der Waals surface area contributed by atoms with Gasteiger partial charge in [-0.25, -0.2) is 0 Å². The number of ether oxygens (including phenoxy) is 1. The van der Waals surface area contributed by atoms with Crippen LogP contribution in [0.3, 0.4) is 0 Å². The fourth-order valence-electron chi connectivity index (χ4n) is 1.65. The molecule has 2 N–H and O–H groups in total. The first-order valence-electron chi connectivity index (χ1n) is 5.91. The molecule has 1 aromatic carbocycles. The molecule has 102 valence electrons. The summed E-state index contributed by atoms with van der Waals surface area (Å²) in [4.78, 5) is 0. The molecule has 0 fully saturated rings. The summed E-state index contributed by atoms with van der Waals surface area (Å²) >= 11 is 0. The number of halogens is 3. The van der Waals surface area contributed by atoms with E-state index in [0.29, 0.717) is 18.7 Å². The maximum Gasteiger partial charge on any atom is 0.389 e. The largest absolute Gasteiger partial charge is 0.493 e. The summed E-state index contributed by atoms with van der Waals surface area (Å²) in [5, 5.41) is 0. The Balaban J connectivity index is 2.51. The SMILES string of the molecule is Cc1ccc(OCCCC(F)(F)F)c(CCN)c1. The van der Waals surface area contributed by atoms with E-state index in [1.165, 1.54) is 0 Å². The van der Waals surface area contributed by atoms with Crippen LogP contribution >= 0.6 is 0 Å². The van der Waals surface area contributed by atoms with Gasteiger partial charge in [0.15, 0.2) is 0 Å². The Hall–Kier alpha value is -1.23. The summed E-state index contributed by atoms with van der Waals surface area (Å²) < 4.78 is 41.3. The van der Waals surface area contributed by atoms with E-state index in [4.69, 9.17) is 10.5 Å². The van der Waals surface area contributed by atoms with E-state index in [9.17, 15) is 13.2 Å². The highest BCUT2D eigenvalue weighted by Gasteiger charge is 2.26. The van der Waals surface area contributed by atoms with Gasteiger partial charge >= 0.3 is 6.18 Å². The highest BCUT2D eigenvalue weighted by atomic mass is 19.4. The van der Waals surface area contributed by atoms with Crippen LogP contribution in [0, 0.1) is 6.92 Å². The lowest BCUT2D eigenvalue weighted by Gasteiger charge is -2.12. The number of benzene rings is 1. The van der Waals surface area contributed by atoms with Crippen LogP contribution in [0.2, 0.25) is 0 Å². The molecule has 2 nitrogen and oxygen atoms in total. The third-order valence-corrected chi connectivity index (χ3v) is 2.49. The Morgan fingerprint density at radius 3 is 2.61 bits per heavy atom. The zero-order chi connectivity index (χ0) is 13.6. The van der Waals surface area contributed by atoms with Crippen LogP contribution in [0.15, 0.2) is 18.2 Å². The summed E-state index contributed by atoms with van der Waals surface area (Å²) in [7, 11) is 0. The van der Waals surface area contributed by atoms with Crippen LogP contribution in [0.5, 0.6) is 5.75 Å². The molecule has 0 aromatic heterocycles. The van der Waals surface area contributed by atoms with Crippen molar-refractivity contribution in [3.63, 3.8) is 0 Å². The predicted molar refractivity (Wildman–Crippen MR) is 64.7 cm³/mol. The topological polar surface area (TPSA) is 35.2 Å². The van der Waals surface area contributed by atoms with Crippen molar-refractivity contribution in [2.45, 2.75) is 32.4 Å². The van der Waals surface area contributed by atoms with Crippen molar-refractivity contribution in [1.29, 1.82) is 0 Å². The molecular weight excluding hydrogens is 243 g/mol. The number of hydrogen-bond acceptors (Lipinski definition) is 2. The fraction of sp³-hybridized carbons (Fsp3) is 0.538. The second-order valence-corrected chi connectivity index (χ2v) is 4.22. The molecule has 0 spiro atoms. The summed E-state index contributed by atoms with van der Waals surface area (Å²) in [5.74, 6) is 0.633. The van der Waals surface area contributed by atoms with E-state index in [0.717, 1.165) is 11.1 Å². The molecule has 0 aliphatic rings. The van der Waals surface area contributed by atoms with Gasteiger partial charge in [-0.05, 0) is 37.9 Å². The number of rotatable bonds is 6. The maximum atomic E-state index is 12.0. The second-order valence-electron chi connectivity index (χ2n) is 4.22. The molecule has 0 saturated carbocycles. The summed E-state index contributed by atoms with van der Waals surface area (Å²) in [6, 6.07) is 5.61. The Morgan fingerprint density at radius 2 is 2.00 bits per heavy atom. The van der Waals surface area contributed by atoms with Crippen LogP contribution in [0.25, 0.3) is 0 Å². The number of alkyl halides is 3. The zero-order valence-corrected chi connectivity index (χ0v) is 10.4. The van der Waals surface area contributed by atoms with E-state index in [1.54, 1.807) is 6.07 Å². The molecule has 0 heterocycles. The van der Waals surface area contributed by atoms with Crippen LogP contribution < -0.4 is 10.5 Å². The molecule has 1 aromatic rings. The van der Waals surface area contributed by atoms with Gasteiger partial charge in [-0.1, -0.05) is 17.7 Å². The van der Waals surface area contributed by atoms with Gasteiger partial charge in [-0.2, -0.15) is 13.2 Å².